The molecule has 188 valence electrons. The van der Waals surface area contributed by atoms with Gasteiger partial charge in [0.2, 0.25) is 0 Å². The highest BCUT2D eigenvalue weighted by atomic mass is 32.1. The lowest BCUT2D eigenvalue weighted by Crippen LogP contribution is -2.36. The third kappa shape index (κ3) is 5.76. The standard InChI is InChI=1S/C25H33FN6O2S/c1-25(2,34)12-16-14-32(19-6-5-17(26)11-18(16)19)21(27-3)20-23(28-4)35-24(31-20)22(33)30-13-15-7-9-29-10-8-15/h5-6,11,15-16,29,34H,4,7-10,12-14H2,1-3H3,(H,30,33)/b27-21+. The maximum absolute atomic E-state index is 14.1. The monoisotopic (exact) mass is 500 g/mol. The van der Waals surface area contributed by atoms with Gasteiger partial charge in [0.1, 0.15) is 16.5 Å². The van der Waals surface area contributed by atoms with Crippen molar-refractivity contribution in [3.05, 3.63) is 40.3 Å². The summed E-state index contributed by atoms with van der Waals surface area (Å²) in [5.74, 6) is 0.342. The van der Waals surface area contributed by atoms with Gasteiger partial charge in [0, 0.05) is 31.7 Å². The van der Waals surface area contributed by atoms with Crippen LogP contribution in [0.2, 0.25) is 0 Å². The predicted octanol–water partition coefficient (Wildman–Crippen LogP) is 3.48. The first kappa shape index (κ1) is 25.4. The lowest BCUT2D eigenvalue weighted by Gasteiger charge is -2.24. The smallest absolute Gasteiger partial charge is 0.280 e. The number of hydrogen-bond acceptors (Lipinski definition) is 7. The van der Waals surface area contributed by atoms with Crippen LogP contribution in [0.1, 0.15) is 60.1 Å². The number of nitrogens with one attached hydrogen (secondary N) is 2. The number of nitrogens with zero attached hydrogens (tertiary/aromatic N) is 4. The molecular weight excluding hydrogens is 467 g/mol. The van der Waals surface area contributed by atoms with E-state index < -0.39 is 5.60 Å². The summed E-state index contributed by atoms with van der Waals surface area (Å²) < 4.78 is 14.1. The van der Waals surface area contributed by atoms with Gasteiger partial charge in [-0.3, -0.25) is 14.8 Å². The predicted molar refractivity (Wildman–Crippen MR) is 139 cm³/mol. The second-order valence-electron chi connectivity index (χ2n) is 9.81. The molecule has 0 saturated carbocycles. The van der Waals surface area contributed by atoms with E-state index in [4.69, 9.17) is 0 Å². The van der Waals surface area contributed by atoms with Crippen molar-refractivity contribution in [2.45, 2.75) is 44.6 Å². The van der Waals surface area contributed by atoms with E-state index >= 15 is 0 Å². The van der Waals surface area contributed by atoms with Gasteiger partial charge >= 0.3 is 0 Å². The quantitative estimate of drug-likeness (QED) is 0.399. The van der Waals surface area contributed by atoms with Gasteiger partial charge in [-0.1, -0.05) is 11.3 Å². The minimum absolute atomic E-state index is 0.0935. The molecule has 1 fully saturated rings. The Bertz CT molecular complexity index is 1120. The van der Waals surface area contributed by atoms with Crippen LogP contribution in [0.3, 0.4) is 0 Å². The van der Waals surface area contributed by atoms with Crippen molar-refractivity contribution in [2.75, 3.05) is 38.1 Å². The third-order valence-electron chi connectivity index (χ3n) is 6.51. The number of amidine groups is 1. The Kier molecular flexibility index (Phi) is 7.63. The van der Waals surface area contributed by atoms with E-state index in [1.165, 1.54) is 23.5 Å². The zero-order valence-corrected chi connectivity index (χ0v) is 21.3. The van der Waals surface area contributed by atoms with Gasteiger partial charge in [-0.2, -0.15) is 0 Å². The number of aromatic nitrogens is 1. The van der Waals surface area contributed by atoms with Crippen molar-refractivity contribution in [3.8, 4) is 0 Å². The summed E-state index contributed by atoms with van der Waals surface area (Å²) in [6, 6.07) is 4.66. The zero-order chi connectivity index (χ0) is 25.2. The lowest BCUT2D eigenvalue weighted by molar-refractivity contribution is 0.0645. The molecule has 2 aromatic rings. The fraction of sp³-hybridized carbons (Fsp3) is 0.520. The van der Waals surface area contributed by atoms with Crippen LogP contribution in [0.4, 0.5) is 15.1 Å². The maximum Gasteiger partial charge on any atom is 0.280 e. The molecule has 1 atom stereocenters. The zero-order valence-electron chi connectivity index (χ0n) is 20.5. The van der Waals surface area contributed by atoms with E-state index in [9.17, 15) is 14.3 Å². The number of halogens is 1. The van der Waals surface area contributed by atoms with Crippen LogP contribution in [0.5, 0.6) is 0 Å². The molecule has 1 amide bonds. The van der Waals surface area contributed by atoms with Gasteiger partial charge in [-0.15, -0.1) is 0 Å². The Labute approximate surface area is 209 Å². The minimum Gasteiger partial charge on any atom is -0.390 e. The number of amides is 1. The van der Waals surface area contributed by atoms with E-state index in [0.29, 0.717) is 47.0 Å². The molecule has 1 saturated heterocycles. The van der Waals surface area contributed by atoms with Crippen LogP contribution in [0.25, 0.3) is 0 Å². The topological polar surface area (TPSA) is 102 Å². The number of rotatable bonds is 7. The van der Waals surface area contributed by atoms with E-state index in [1.54, 1.807) is 27.0 Å². The first-order valence-corrected chi connectivity index (χ1v) is 12.7. The second kappa shape index (κ2) is 10.5. The normalized spacial score (nSPS) is 19.1. The number of anilines is 1. The van der Waals surface area contributed by atoms with Gasteiger partial charge in [0.05, 0.1) is 5.60 Å². The van der Waals surface area contributed by atoms with Crippen LogP contribution >= 0.6 is 11.3 Å². The minimum atomic E-state index is -0.915. The van der Waals surface area contributed by atoms with Crippen LogP contribution in [-0.4, -0.2) is 67.4 Å². The number of aliphatic hydroxyl groups is 1. The number of carbonyl (C=O) groups excluding carboxylic acids is 1. The molecule has 2 aliphatic rings. The third-order valence-corrected chi connectivity index (χ3v) is 7.49. The van der Waals surface area contributed by atoms with Crippen LogP contribution in [-0.2, 0) is 0 Å². The van der Waals surface area contributed by atoms with E-state index in [2.05, 4.69) is 32.3 Å². The average Bonchev–Trinajstić information content (AvgIpc) is 3.40. The van der Waals surface area contributed by atoms with Gasteiger partial charge in [-0.05, 0) is 82.6 Å². The number of thiazole rings is 1. The van der Waals surface area contributed by atoms with Gasteiger partial charge in [0.15, 0.2) is 10.8 Å². The van der Waals surface area contributed by atoms with E-state index in [0.717, 1.165) is 37.2 Å². The van der Waals surface area contributed by atoms with Crippen molar-refractivity contribution in [3.63, 3.8) is 0 Å². The highest BCUT2D eigenvalue weighted by Gasteiger charge is 2.36. The first-order valence-electron chi connectivity index (χ1n) is 11.9. The van der Waals surface area contributed by atoms with Crippen molar-refractivity contribution >= 4 is 40.5 Å². The number of carbonyl (C=O) groups is 1. The fourth-order valence-corrected chi connectivity index (χ4v) is 5.69. The molecule has 0 bridgehead atoms. The lowest BCUT2D eigenvalue weighted by atomic mass is 9.89. The largest absolute Gasteiger partial charge is 0.390 e. The molecule has 8 nitrogen and oxygen atoms in total. The number of piperidine rings is 1. The number of benzene rings is 1. The summed E-state index contributed by atoms with van der Waals surface area (Å²) in [7, 11) is 1.66. The van der Waals surface area contributed by atoms with Crippen LogP contribution < -0.4 is 15.5 Å². The molecule has 0 aliphatic carbocycles. The Morgan fingerprint density at radius 1 is 1.40 bits per heavy atom. The molecule has 0 radical (unpaired) electrons. The summed E-state index contributed by atoms with van der Waals surface area (Å²) in [6.07, 6.45) is 2.54. The Morgan fingerprint density at radius 3 is 2.80 bits per heavy atom. The Hall–Kier alpha value is -2.69. The highest BCUT2D eigenvalue weighted by molar-refractivity contribution is 7.17. The highest BCUT2D eigenvalue weighted by Crippen LogP contribution is 2.42. The first-order chi connectivity index (χ1) is 16.7. The molecule has 1 unspecified atom stereocenters. The maximum atomic E-state index is 14.1. The molecule has 10 heteroatoms. The molecule has 1 aromatic heterocycles. The number of hydrogen-bond donors (Lipinski definition) is 3. The summed E-state index contributed by atoms with van der Waals surface area (Å²) >= 11 is 1.18. The summed E-state index contributed by atoms with van der Waals surface area (Å²) in [6.45, 7) is 10.2. The molecule has 4 rings (SSSR count). The molecule has 1 aromatic carbocycles. The second-order valence-corrected chi connectivity index (χ2v) is 10.8. The SMILES string of the molecule is C=Nc1sc(C(=O)NCC2CCNCC2)nc1/C(=N\C)N1CC(CC(C)(C)O)c2cc(F)ccc21. The summed E-state index contributed by atoms with van der Waals surface area (Å²) in [5, 5.41) is 17.6. The van der Waals surface area contributed by atoms with Crippen molar-refractivity contribution in [2.24, 2.45) is 15.9 Å². The van der Waals surface area contributed by atoms with E-state index in [-0.39, 0.29) is 17.6 Å². The number of aliphatic imine (C=N–C) groups is 2. The fourth-order valence-electron chi connectivity index (χ4n) is 4.91. The molecule has 3 N–H and O–H groups in total. The summed E-state index contributed by atoms with van der Waals surface area (Å²) in [5.41, 5.74) is 1.18. The van der Waals surface area contributed by atoms with E-state index in [1.807, 2.05) is 4.90 Å². The molecule has 3 heterocycles. The van der Waals surface area contributed by atoms with Gasteiger partial charge in [0.25, 0.3) is 5.91 Å². The van der Waals surface area contributed by atoms with Gasteiger partial charge in [-0.25, -0.2) is 9.37 Å². The average molecular weight is 501 g/mol. The molecule has 35 heavy (non-hydrogen) atoms. The Balaban J connectivity index is 1.59. The van der Waals surface area contributed by atoms with Crippen LogP contribution in [0.15, 0.2) is 28.2 Å². The summed E-state index contributed by atoms with van der Waals surface area (Å²) in [4.78, 5) is 28.1. The van der Waals surface area contributed by atoms with Crippen molar-refractivity contribution in [1.82, 2.24) is 15.6 Å². The molecular formula is C25H33FN6O2S. The van der Waals surface area contributed by atoms with Crippen molar-refractivity contribution < 1.29 is 14.3 Å². The van der Waals surface area contributed by atoms with Crippen molar-refractivity contribution in [1.29, 1.82) is 0 Å². The Morgan fingerprint density at radius 2 is 2.14 bits per heavy atom. The van der Waals surface area contributed by atoms with Crippen LogP contribution in [0, 0.1) is 11.7 Å². The number of fused-ring (bicyclic) bond motifs is 1. The van der Waals surface area contributed by atoms with Gasteiger partial charge < -0.3 is 20.6 Å². The molecule has 2 aliphatic heterocycles. The molecule has 0 spiro atoms.